The molecular formula is C13H19BrN4S. The van der Waals surface area contributed by atoms with Crippen molar-refractivity contribution in [2.24, 2.45) is 5.84 Å². The Morgan fingerprint density at radius 3 is 2.79 bits per heavy atom. The SMILES string of the molecule is CCCn1ncc(Br)c1C(NN)c1cc(C)c(C)s1. The van der Waals surface area contributed by atoms with Crippen molar-refractivity contribution < 1.29 is 0 Å². The van der Waals surface area contributed by atoms with Crippen LogP contribution in [0.3, 0.4) is 0 Å². The molecule has 0 saturated heterocycles. The third-order valence-corrected chi connectivity index (χ3v) is 5.01. The molecule has 0 aliphatic rings. The van der Waals surface area contributed by atoms with E-state index in [0.29, 0.717) is 0 Å². The van der Waals surface area contributed by atoms with E-state index in [0.717, 1.165) is 23.1 Å². The molecule has 2 aromatic rings. The molecule has 3 N–H and O–H groups in total. The number of nitrogens with two attached hydrogens (primary N) is 1. The monoisotopic (exact) mass is 342 g/mol. The Morgan fingerprint density at radius 1 is 1.53 bits per heavy atom. The molecule has 2 heterocycles. The fraction of sp³-hybridized carbons (Fsp3) is 0.462. The first-order valence-electron chi connectivity index (χ1n) is 6.32. The van der Waals surface area contributed by atoms with Gasteiger partial charge in [0.25, 0.3) is 0 Å². The Hall–Kier alpha value is -0.690. The van der Waals surface area contributed by atoms with E-state index in [1.165, 1.54) is 15.3 Å². The van der Waals surface area contributed by atoms with Crippen molar-refractivity contribution in [2.45, 2.75) is 39.8 Å². The van der Waals surface area contributed by atoms with Crippen LogP contribution in [-0.2, 0) is 6.54 Å². The van der Waals surface area contributed by atoms with Crippen LogP contribution in [0, 0.1) is 13.8 Å². The summed E-state index contributed by atoms with van der Waals surface area (Å²) in [6.45, 7) is 7.29. The van der Waals surface area contributed by atoms with Crippen LogP contribution in [0.1, 0.15) is 40.4 Å². The summed E-state index contributed by atoms with van der Waals surface area (Å²) in [4.78, 5) is 2.55. The van der Waals surface area contributed by atoms with Crippen LogP contribution in [0.25, 0.3) is 0 Å². The fourth-order valence-corrected chi connectivity index (χ4v) is 3.72. The summed E-state index contributed by atoms with van der Waals surface area (Å²) < 4.78 is 3.01. The zero-order valence-corrected chi connectivity index (χ0v) is 13.8. The van der Waals surface area contributed by atoms with Gasteiger partial charge in [0.15, 0.2) is 0 Å². The standard InChI is InChI=1S/C13H19BrN4S/c1-4-5-18-13(10(14)7-16-18)12(17-15)11-6-8(2)9(3)19-11/h6-7,12,17H,4-5,15H2,1-3H3. The van der Waals surface area contributed by atoms with Gasteiger partial charge in [-0.25, -0.2) is 5.43 Å². The average Bonchev–Trinajstić information content (AvgIpc) is 2.88. The number of nitrogens with one attached hydrogen (secondary N) is 1. The zero-order chi connectivity index (χ0) is 14.0. The van der Waals surface area contributed by atoms with Crippen LogP contribution < -0.4 is 11.3 Å². The second kappa shape index (κ2) is 6.17. The summed E-state index contributed by atoms with van der Waals surface area (Å²) in [6, 6.07) is 2.17. The quantitative estimate of drug-likeness (QED) is 0.647. The molecule has 1 unspecified atom stereocenters. The summed E-state index contributed by atoms with van der Waals surface area (Å²) in [5.74, 6) is 5.78. The van der Waals surface area contributed by atoms with Crippen molar-refractivity contribution in [3.05, 3.63) is 37.7 Å². The van der Waals surface area contributed by atoms with Gasteiger partial charge >= 0.3 is 0 Å². The number of hydrogen-bond donors (Lipinski definition) is 2. The van der Waals surface area contributed by atoms with Gasteiger partial charge in [-0.05, 0) is 47.8 Å². The molecule has 0 radical (unpaired) electrons. The number of thiophene rings is 1. The fourth-order valence-electron chi connectivity index (χ4n) is 2.09. The van der Waals surface area contributed by atoms with Gasteiger partial charge in [0, 0.05) is 16.3 Å². The average molecular weight is 343 g/mol. The normalized spacial score (nSPS) is 12.9. The summed E-state index contributed by atoms with van der Waals surface area (Å²) in [5, 5.41) is 4.41. The zero-order valence-electron chi connectivity index (χ0n) is 11.4. The number of nitrogens with zero attached hydrogens (tertiary/aromatic N) is 2. The highest BCUT2D eigenvalue weighted by atomic mass is 79.9. The molecule has 0 aliphatic carbocycles. The molecule has 0 aromatic carbocycles. The van der Waals surface area contributed by atoms with E-state index in [4.69, 9.17) is 5.84 Å². The lowest BCUT2D eigenvalue weighted by Crippen LogP contribution is -2.30. The number of aryl methyl sites for hydroxylation is 3. The van der Waals surface area contributed by atoms with Crippen molar-refractivity contribution in [1.29, 1.82) is 0 Å². The Balaban J connectivity index is 2.44. The first kappa shape index (κ1) is 14.7. The molecule has 0 aliphatic heterocycles. The molecule has 0 spiro atoms. The largest absolute Gasteiger partial charge is 0.270 e. The maximum atomic E-state index is 5.78. The lowest BCUT2D eigenvalue weighted by Gasteiger charge is -2.17. The molecule has 6 heteroatoms. The summed E-state index contributed by atoms with van der Waals surface area (Å²) in [7, 11) is 0. The molecular weight excluding hydrogens is 324 g/mol. The molecule has 2 aromatic heterocycles. The Morgan fingerprint density at radius 2 is 2.26 bits per heavy atom. The lowest BCUT2D eigenvalue weighted by molar-refractivity contribution is 0.523. The minimum atomic E-state index is -0.0270. The van der Waals surface area contributed by atoms with Crippen molar-refractivity contribution >= 4 is 27.3 Å². The Bertz CT molecular complexity index is 541. The van der Waals surface area contributed by atoms with Gasteiger partial charge in [-0.3, -0.25) is 10.5 Å². The molecule has 2 rings (SSSR count). The molecule has 0 fully saturated rings. The third kappa shape index (κ3) is 2.91. The minimum absolute atomic E-state index is 0.0270. The van der Waals surface area contributed by atoms with Crippen LogP contribution >= 0.6 is 27.3 Å². The highest BCUT2D eigenvalue weighted by Gasteiger charge is 2.22. The molecule has 19 heavy (non-hydrogen) atoms. The second-order valence-corrected chi connectivity index (χ2v) is 6.73. The van der Waals surface area contributed by atoms with E-state index >= 15 is 0 Å². The molecule has 4 nitrogen and oxygen atoms in total. The lowest BCUT2D eigenvalue weighted by atomic mass is 10.1. The maximum absolute atomic E-state index is 5.78. The highest BCUT2D eigenvalue weighted by molar-refractivity contribution is 9.10. The van der Waals surface area contributed by atoms with Gasteiger partial charge < -0.3 is 0 Å². The summed E-state index contributed by atoms with van der Waals surface area (Å²) in [5.41, 5.74) is 5.31. The summed E-state index contributed by atoms with van der Waals surface area (Å²) in [6.07, 6.45) is 2.88. The van der Waals surface area contributed by atoms with E-state index in [9.17, 15) is 0 Å². The smallest absolute Gasteiger partial charge is 0.0981 e. The van der Waals surface area contributed by atoms with Crippen molar-refractivity contribution in [3.63, 3.8) is 0 Å². The number of hydrogen-bond acceptors (Lipinski definition) is 4. The van der Waals surface area contributed by atoms with E-state index in [1.54, 1.807) is 11.3 Å². The highest BCUT2D eigenvalue weighted by Crippen LogP contribution is 2.33. The van der Waals surface area contributed by atoms with Crippen LogP contribution in [0.15, 0.2) is 16.7 Å². The molecule has 104 valence electrons. The van der Waals surface area contributed by atoms with Gasteiger partial charge in [0.05, 0.1) is 22.4 Å². The van der Waals surface area contributed by atoms with Crippen molar-refractivity contribution in [2.75, 3.05) is 0 Å². The Kier molecular flexibility index (Phi) is 4.78. The minimum Gasteiger partial charge on any atom is -0.270 e. The van der Waals surface area contributed by atoms with Crippen LogP contribution in [-0.4, -0.2) is 9.78 Å². The van der Waals surface area contributed by atoms with Gasteiger partial charge in [-0.1, -0.05) is 6.92 Å². The van der Waals surface area contributed by atoms with Crippen LogP contribution in [0.4, 0.5) is 0 Å². The van der Waals surface area contributed by atoms with Crippen LogP contribution in [0.2, 0.25) is 0 Å². The third-order valence-electron chi connectivity index (χ3n) is 3.18. The van der Waals surface area contributed by atoms with E-state index in [-0.39, 0.29) is 6.04 Å². The number of halogens is 1. The van der Waals surface area contributed by atoms with Gasteiger partial charge in [-0.15, -0.1) is 11.3 Å². The predicted octanol–water partition coefficient (Wildman–Crippen LogP) is 3.29. The van der Waals surface area contributed by atoms with Crippen molar-refractivity contribution in [1.82, 2.24) is 15.2 Å². The van der Waals surface area contributed by atoms with Crippen molar-refractivity contribution in [3.8, 4) is 0 Å². The number of rotatable bonds is 5. The first-order chi connectivity index (χ1) is 9.08. The summed E-state index contributed by atoms with van der Waals surface area (Å²) >= 11 is 5.35. The first-order valence-corrected chi connectivity index (χ1v) is 7.93. The Labute approximate surface area is 126 Å². The van der Waals surface area contributed by atoms with Crippen LogP contribution in [0.5, 0.6) is 0 Å². The number of aromatic nitrogens is 2. The maximum Gasteiger partial charge on any atom is 0.0981 e. The molecule has 0 saturated carbocycles. The second-order valence-electron chi connectivity index (χ2n) is 4.59. The number of hydrazine groups is 1. The molecule has 0 bridgehead atoms. The van der Waals surface area contributed by atoms with E-state index < -0.39 is 0 Å². The topological polar surface area (TPSA) is 55.9 Å². The van der Waals surface area contributed by atoms with E-state index in [1.807, 2.05) is 10.9 Å². The van der Waals surface area contributed by atoms with Gasteiger partial charge in [-0.2, -0.15) is 5.10 Å². The molecule has 0 amide bonds. The van der Waals surface area contributed by atoms with E-state index in [2.05, 4.69) is 53.3 Å². The van der Waals surface area contributed by atoms with Gasteiger partial charge in [0.1, 0.15) is 0 Å². The molecule has 1 atom stereocenters. The predicted molar refractivity (Wildman–Crippen MR) is 83.2 cm³/mol. The van der Waals surface area contributed by atoms with Gasteiger partial charge in [0.2, 0.25) is 0 Å².